The maximum absolute atomic E-state index is 8.01. The molecule has 1 rings (SSSR count). The molecule has 0 aliphatic heterocycles. The molecule has 0 radical (unpaired) electrons. The van der Waals surface area contributed by atoms with Gasteiger partial charge in [0.25, 0.3) is 0 Å². The van der Waals surface area contributed by atoms with Crippen molar-refractivity contribution in [3.63, 3.8) is 0 Å². The van der Waals surface area contributed by atoms with Gasteiger partial charge >= 0.3 is 0 Å². The number of hydrogen-bond acceptors (Lipinski definition) is 1. The average Bonchev–Trinajstić information content (AvgIpc) is 2.16. The van der Waals surface area contributed by atoms with Crippen LogP contribution in [0.5, 0.6) is 0 Å². The monoisotopic (exact) mass is 225 g/mol. The topological polar surface area (TPSA) is 48.8 Å². The van der Waals surface area contributed by atoms with Crippen LogP contribution in [-0.4, -0.2) is 6.54 Å². The lowest BCUT2D eigenvalue weighted by Gasteiger charge is -1.96. The molecule has 1 aromatic rings. The Morgan fingerprint density at radius 1 is 1.36 bits per heavy atom. The first kappa shape index (κ1) is 10.7. The molecule has 3 nitrogen and oxygen atoms in total. The summed E-state index contributed by atoms with van der Waals surface area (Å²) in [7, 11) is 0. The van der Waals surface area contributed by atoms with Crippen molar-refractivity contribution in [1.29, 1.82) is 0 Å². The molecule has 0 saturated heterocycles. The molecule has 0 heterocycles. The second kappa shape index (κ2) is 5.41. The summed E-state index contributed by atoms with van der Waals surface area (Å²) in [5.74, 6) is 5.38. The Kier molecular flexibility index (Phi) is 4.15. The lowest BCUT2D eigenvalue weighted by molar-refractivity contribution is 1.25. The van der Waals surface area contributed by atoms with Crippen LogP contribution in [-0.2, 0) is 0 Å². The van der Waals surface area contributed by atoms with E-state index in [1.54, 1.807) is 18.2 Å². The first-order chi connectivity index (χ1) is 6.75. The van der Waals surface area contributed by atoms with E-state index >= 15 is 0 Å². The molecule has 0 aromatic heterocycles. The molecule has 0 aliphatic rings. The average molecular weight is 226 g/mol. The predicted octanol–water partition coefficient (Wildman–Crippen LogP) is 3.66. The lowest BCUT2D eigenvalue weighted by Crippen LogP contribution is -1.79. The fraction of sp³-hybridized carbons (Fsp3) is 0.111. The van der Waals surface area contributed by atoms with Gasteiger partial charge in [-0.15, -0.1) is 0 Å². The molecule has 0 amide bonds. The maximum Gasteiger partial charge on any atom is 0.0880 e. The largest absolute Gasteiger partial charge is 0.0918 e. The molecule has 0 saturated carbocycles. The molecular formula is C9H5Cl2N3. The van der Waals surface area contributed by atoms with Crippen molar-refractivity contribution in [2.24, 2.45) is 5.11 Å². The molecule has 0 fully saturated rings. The predicted molar refractivity (Wildman–Crippen MR) is 57.4 cm³/mol. The minimum Gasteiger partial charge on any atom is -0.0918 e. The summed E-state index contributed by atoms with van der Waals surface area (Å²) < 4.78 is 0. The third-order valence-corrected chi connectivity index (χ3v) is 2.02. The quantitative estimate of drug-likeness (QED) is 0.303. The molecule has 1 aromatic carbocycles. The summed E-state index contributed by atoms with van der Waals surface area (Å²) in [6.45, 7) is 0.109. The van der Waals surface area contributed by atoms with Crippen molar-refractivity contribution >= 4 is 23.2 Å². The molecule has 0 N–H and O–H groups in total. The van der Waals surface area contributed by atoms with Gasteiger partial charge in [-0.3, -0.25) is 0 Å². The fourth-order valence-electron chi connectivity index (χ4n) is 0.812. The maximum atomic E-state index is 8.01. The van der Waals surface area contributed by atoms with E-state index < -0.39 is 0 Å². The van der Waals surface area contributed by atoms with E-state index in [1.807, 2.05) is 0 Å². The third kappa shape index (κ3) is 2.86. The van der Waals surface area contributed by atoms with Crippen LogP contribution in [0.4, 0.5) is 0 Å². The molecule has 0 aliphatic carbocycles. The zero-order valence-corrected chi connectivity index (χ0v) is 8.55. The van der Waals surface area contributed by atoms with Crippen LogP contribution in [0.15, 0.2) is 23.3 Å². The molecule has 5 heteroatoms. The van der Waals surface area contributed by atoms with Gasteiger partial charge in [0.2, 0.25) is 0 Å². The van der Waals surface area contributed by atoms with Crippen LogP contribution < -0.4 is 0 Å². The van der Waals surface area contributed by atoms with Crippen molar-refractivity contribution in [3.05, 3.63) is 44.3 Å². The SMILES string of the molecule is [N-]=[N+]=NCC#Cc1c(Cl)cccc1Cl. The highest BCUT2D eigenvalue weighted by Crippen LogP contribution is 2.22. The Hall–Kier alpha value is -1.33. The van der Waals surface area contributed by atoms with Crippen molar-refractivity contribution in [2.45, 2.75) is 0 Å². The van der Waals surface area contributed by atoms with Gasteiger partial charge in [-0.2, -0.15) is 0 Å². The summed E-state index contributed by atoms with van der Waals surface area (Å²) >= 11 is 11.7. The second-order valence-electron chi connectivity index (χ2n) is 2.29. The molecule has 70 valence electrons. The van der Waals surface area contributed by atoms with Gasteiger partial charge in [-0.1, -0.05) is 46.2 Å². The van der Waals surface area contributed by atoms with Crippen molar-refractivity contribution < 1.29 is 0 Å². The van der Waals surface area contributed by atoms with Crippen molar-refractivity contribution in [3.8, 4) is 11.8 Å². The minimum absolute atomic E-state index is 0.109. The summed E-state index contributed by atoms with van der Waals surface area (Å²) in [5, 5.41) is 4.25. The molecule has 0 atom stereocenters. The number of azide groups is 1. The minimum atomic E-state index is 0.109. The van der Waals surface area contributed by atoms with Gasteiger partial charge in [0.1, 0.15) is 0 Å². The summed E-state index contributed by atoms with van der Waals surface area (Å²) in [5.41, 5.74) is 8.57. The highest BCUT2D eigenvalue weighted by molar-refractivity contribution is 6.36. The Morgan fingerprint density at radius 3 is 2.57 bits per heavy atom. The van der Waals surface area contributed by atoms with E-state index in [0.29, 0.717) is 15.6 Å². The van der Waals surface area contributed by atoms with Crippen LogP contribution in [0.2, 0.25) is 10.0 Å². The van der Waals surface area contributed by atoms with Crippen LogP contribution in [0.25, 0.3) is 10.4 Å². The smallest absolute Gasteiger partial charge is 0.0880 e. The molecule has 14 heavy (non-hydrogen) atoms. The van der Waals surface area contributed by atoms with Crippen molar-refractivity contribution in [1.82, 2.24) is 0 Å². The van der Waals surface area contributed by atoms with E-state index in [2.05, 4.69) is 21.9 Å². The lowest BCUT2D eigenvalue weighted by atomic mass is 10.2. The summed E-state index contributed by atoms with van der Waals surface area (Å²) in [4.78, 5) is 2.57. The van der Waals surface area contributed by atoms with Gasteiger partial charge < -0.3 is 0 Å². The Morgan fingerprint density at radius 2 is 2.00 bits per heavy atom. The van der Waals surface area contributed by atoms with Crippen LogP contribution >= 0.6 is 23.2 Å². The molecule has 0 bridgehead atoms. The van der Waals surface area contributed by atoms with Gasteiger partial charge in [0.15, 0.2) is 0 Å². The Bertz CT molecular complexity index is 419. The Balaban J connectivity index is 2.94. The van der Waals surface area contributed by atoms with E-state index in [0.717, 1.165) is 0 Å². The zero-order valence-electron chi connectivity index (χ0n) is 7.04. The number of hydrogen-bond donors (Lipinski definition) is 0. The Labute approximate surface area is 91.3 Å². The van der Waals surface area contributed by atoms with E-state index in [4.69, 9.17) is 28.7 Å². The van der Waals surface area contributed by atoms with E-state index in [9.17, 15) is 0 Å². The van der Waals surface area contributed by atoms with Gasteiger partial charge in [0, 0.05) is 4.91 Å². The van der Waals surface area contributed by atoms with Crippen LogP contribution in [0.1, 0.15) is 5.56 Å². The van der Waals surface area contributed by atoms with E-state index in [1.165, 1.54) is 0 Å². The number of benzene rings is 1. The molecule has 0 unspecified atom stereocenters. The van der Waals surface area contributed by atoms with Crippen LogP contribution in [0, 0.1) is 11.8 Å². The van der Waals surface area contributed by atoms with Gasteiger partial charge in [0.05, 0.1) is 22.2 Å². The number of halogens is 2. The van der Waals surface area contributed by atoms with Crippen molar-refractivity contribution in [2.75, 3.05) is 6.54 Å². The first-order valence-electron chi connectivity index (χ1n) is 3.69. The standard InChI is InChI=1S/C9H5Cl2N3/c10-8-4-1-5-9(11)7(8)3-2-6-13-14-12/h1,4-5H,6H2. The molecule has 0 spiro atoms. The zero-order chi connectivity index (χ0) is 10.4. The normalized spacial score (nSPS) is 8.43. The van der Waals surface area contributed by atoms with Gasteiger partial charge in [-0.05, 0) is 17.7 Å². The van der Waals surface area contributed by atoms with Gasteiger partial charge in [-0.25, -0.2) is 0 Å². The summed E-state index contributed by atoms with van der Waals surface area (Å²) in [6, 6.07) is 5.14. The number of rotatable bonds is 1. The third-order valence-electron chi connectivity index (χ3n) is 1.39. The first-order valence-corrected chi connectivity index (χ1v) is 4.45. The fourth-order valence-corrected chi connectivity index (χ4v) is 1.30. The molecular weight excluding hydrogens is 221 g/mol. The number of nitrogens with zero attached hydrogens (tertiary/aromatic N) is 3. The van der Waals surface area contributed by atoms with E-state index in [-0.39, 0.29) is 6.54 Å². The second-order valence-corrected chi connectivity index (χ2v) is 3.10. The van der Waals surface area contributed by atoms with Crippen LogP contribution in [0.3, 0.4) is 0 Å². The highest BCUT2D eigenvalue weighted by Gasteiger charge is 2.00. The highest BCUT2D eigenvalue weighted by atomic mass is 35.5. The summed E-state index contributed by atoms with van der Waals surface area (Å²) in [6.07, 6.45) is 0.